The summed E-state index contributed by atoms with van der Waals surface area (Å²) in [5, 5.41) is 3.10. The Balaban J connectivity index is 1.46. The van der Waals surface area contributed by atoms with Crippen LogP contribution >= 0.6 is 27.3 Å². The third-order valence-electron chi connectivity index (χ3n) is 4.70. The number of hydrogen-bond acceptors (Lipinski definition) is 4. The summed E-state index contributed by atoms with van der Waals surface area (Å²) < 4.78 is 1.17. The molecule has 1 aliphatic heterocycles. The smallest absolute Gasteiger partial charge is 0.317 e. The molecule has 0 atom stereocenters. The van der Waals surface area contributed by atoms with Gasteiger partial charge in [0.15, 0.2) is 0 Å². The van der Waals surface area contributed by atoms with Crippen molar-refractivity contribution in [1.29, 1.82) is 0 Å². The van der Waals surface area contributed by atoms with Crippen LogP contribution in [0.4, 0.5) is 4.79 Å². The molecule has 3 rings (SSSR count). The van der Waals surface area contributed by atoms with Crippen molar-refractivity contribution in [2.75, 3.05) is 40.3 Å². The summed E-state index contributed by atoms with van der Waals surface area (Å²) in [6.45, 7) is 5.80. The maximum Gasteiger partial charge on any atom is 0.317 e. The molecule has 1 fully saturated rings. The van der Waals surface area contributed by atoms with E-state index in [0.29, 0.717) is 6.54 Å². The van der Waals surface area contributed by atoms with Gasteiger partial charge in [0.2, 0.25) is 0 Å². The van der Waals surface area contributed by atoms with Crippen molar-refractivity contribution in [2.45, 2.75) is 19.6 Å². The lowest BCUT2D eigenvalue weighted by Crippen LogP contribution is -2.51. The number of hydrogen-bond donors (Lipinski definition) is 1. The van der Waals surface area contributed by atoms with Crippen molar-refractivity contribution in [1.82, 2.24) is 20.0 Å². The van der Waals surface area contributed by atoms with Crippen LogP contribution in [0.15, 0.2) is 40.2 Å². The van der Waals surface area contributed by atoms with E-state index in [1.54, 1.807) is 11.3 Å². The van der Waals surface area contributed by atoms with Gasteiger partial charge < -0.3 is 15.1 Å². The molecule has 0 spiro atoms. The Labute approximate surface area is 174 Å². The van der Waals surface area contributed by atoms with Gasteiger partial charge >= 0.3 is 6.03 Å². The van der Waals surface area contributed by atoms with E-state index in [4.69, 9.17) is 0 Å². The number of amides is 2. The van der Waals surface area contributed by atoms with Gasteiger partial charge in [0, 0.05) is 50.7 Å². The van der Waals surface area contributed by atoms with E-state index < -0.39 is 0 Å². The Morgan fingerprint density at radius 2 is 1.81 bits per heavy atom. The highest BCUT2D eigenvalue weighted by molar-refractivity contribution is 9.11. The monoisotopic (exact) mass is 450 g/mol. The van der Waals surface area contributed by atoms with Gasteiger partial charge in [0.1, 0.15) is 0 Å². The van der Waals surface area contributed by atoms with E-state index in [9.17, 15) is 4.79 Å². The van der Waals surface area contributed by atoms with E-state index in [1.807, 2.05) is 11.0 Å². The molecule has 1 aliphatic rings. The summed E-state index contributed by atoms with van der Waals surface area (Å²) in [5.41, 5.74) is 2.44. The average Bonchev–Trinajstić information content (AvgIpc) is 3.05. The van der Waals surface area contributed by atoms with E-state index in [-0.39, 0.29) is 6.03 Å². The van der Waals surface area contributed by atoms with Crippen LogP contribution in [-0.2, 0) is 19.6 Å². The SMILES string of the molecule is CN(C)Cc1ccccc1CNC(=O)N1CCN(Cc2ccc(Br)s2)CC1. The first-order valence-electron chi connectivity index (χ1n) is 9.22. The number of halogens is 1. The second-order valence-electron chi connectivity index (χ2n) is 7.13. The van der Waals surface area contributed by atoms with E-state index in [0.717, 1.165) is 39.3 Å². The van der Waals surface area contributed by atoms with Gasteiger partial charge in [0.05, 0.1) is 3.79 Å². The number of piperazine rings is 1. The second-order valence-corrected chi connectivity index (χ2v) is 9.68. The highest BCUT2D eigenvalue weighted by Crippen LogP contribution is 2.23. The van der Waals surface area contributed by atoms with Crippen molar-refractivity contribution < 1.29 is 4.79 Å². The van der Waals surface area contributed by atoms with Gasteiger partial charge in [-0.3, -0.25) is 4.90 Å². The number of urea groups is 1. The van der Waals surface area contributed by atoms with Crippen molar-refractivity contribution in [3.8, 4) is 0 Å². The fraction of sp³-hybridized carbons (Fsp3) is 0.450. The molecule has 27 heavy (non-hydrogen) atoms. The molecular weight excluding hydrogens is 424 g/mol. The molecule has 2 aromatic rings. The molecule has 1 aromatic carbocycles. The minimum atomic E-state index is 0.0353. The molecule has 0 saturated carbocycles. The molecule has 1 N–H and O–H groups in total. The summed E-state index contributed by atoms with van der Waals surface area (Å²) in [7, 11) is 4.12. The van der Waals surface area contributed by atoms with Gasteiger partial charge in [-0.15, -0.1) is 11.3 Å². The fourth-order valence-corrected chi connectivity index (χ4v) is 4.80. The van der Waals surface area contributed by atoms with Crippen LogP contribution in [0.25, 0.3) is 0 Å². The molecule has 1 aromatic heterocycles. The van der Waals surface area contributed by atoms with Crippen LogP contribution in [0.5, 0.6) is 0 Å². The zero-order valence-corrected chi connectivity index (χ0v) is 18.4. The van der Waals surface area contributed by atoms with Crippen molar-refractivity contribution in [3.05, 3.63) is 56.2 Å². The maximum absolute atomic E-state index is 12.6. The molecule has 0 aliphatic carbocycles. The number of nitrogens with one attached hydrogen (secondary N) is 1. The molecule has 5 nitrogen and oxygen atoms in total. The first-order chi connectivity index (χ1) is 13.0. The highest BCUT2D eigenvalue weighted by atomic mass is 79.9. The summed E-state index contributed by atoms with van der Waals surface area (Å²) in [4.78, 5) is 20.4. The van der Waals surface area contributed by atoms with Crippen LogP contribution in [0.2, 0.25) is 0 Å². The molecule has 0 bridgehead atoms. The lowest BCUT2D eigenvalue weighted by Gasteiger charge is -2.34. The third kappa shape index (κ3) is 6.04. The highest BCUT2D eigenvalue weighted by Gasteiger charge is 2.21. The van der Waals surface area contributed by atoms with Crippen molar-refractivity contribution in [2.24, 2.45) is 0 Å². The van der Waals surface area contributed by atoms with Gasteiger partial charge in [-0.05, 0) is 53.3 Å². The predicted octanol–water partition coefficient (Wildman–Crippen LogP) is 3.60. The summed E-state index contributed by atoms with van der Waals surface area (Å²) in [5.74, 6) is 0. The standard InChI is InChI=1S/C20H27BrN4OS/c1-23(2)14-17-6-4-3-5-16(17)13-22-20(26)25-11-9-24(10-12-25)15-18-7-8-19(21)27-18/h3-8H,9-15H2,1-2H3,(H,22,26). The number of carbonyl (C=O) groups is 1. The van der Waals surface area contributed by atoms with E-state index in [2.05, 4.69) is 75.5 Å². The van der Waals surface area contributed by atoms with Crippen LogP contribution in [0, 0.1) is 0 Å². The van der Waals surface area contributed by atoms with E-state index >= 15 is 0 Å². The summed E-state index contributed by atoms with van der Waals surface area (Å²) >= 11 is 5.29. The number of rotatable bonds is 6. The second kappa shape index (κ2) is 9.68. The van der Waals surface area contributed by atoms with Gasteiger partial charge in [-0.1, -0.05) is 24.3 Å². The molecule has 0 unspecified atom stereocenters. The Bertz CT molecular complexity index is 756. The molecule has 1 saturated heterocycles. The zero-order chi connectivity index (χ0) is 19.2. The normalized spacial score (nSPS) is 15.3. The van der Waals surface area contributed by atoms with Gasteiger partial charge in [0.25, 0.3) is 0 Å². The number of thiophene rings is 1. The Hall–Kier alpha value is -1.41. The molecule has 146 valence electrons. The minimum absolute atomic E-state index is 0.0353. The first-order valence-corrected chi connectivity index (χ1v) is 10.8. The minimum Gasteiger partial charge on any atom is -0.334 e. The third-order valence-corrected chi connectivity index (χ3v) is 6.31. The van der Waals surface area contributed by atoms with Crippen LogP contribution in [-0.4, -0.2) is 61.0 Å². The number of nitrogens with zero attached hydrogens (tertiary/aromatic N) is 3. The predicted molar refractivity (Wildman–Crippen MR) is 115 cm³/mol. The lowest BCUT2D eigenvalue weighted by atomic mass is 10.1. The van der Waals surface area contributed by atoms with Crippen LogP contribution in [0.1, 0.15) is 16.0 Å². The largest absolute Gasteiger partial charge is 0.334 e. The lowest BCUT2D eigenvalue weighted by molar-refractivity contribution is 0.135. The maximum atomic E-state index is 12.6. The van der Waals surface area contributed by atoms with Gasteiger partial charge in [-0.25, -0.2) is 4.79 Å². The molecule has 2 heterocycles. The summed E-state index contributed by atoms with van der Waals surface area (Å²) in [6, 6.07) is 12.6. The van der Waals surface area contributed by atoms with Crippen molar-refractivity contribution in [3.63, 3.8) is 0 Å². The van der Waals surface area contributed by atoms with Crippen LogP contribution in [0.3, 0.4) is 0 Å². The van der Waals surface area contributed by atoms with Crippen LogP contribution < -0.4 is 5.32 Å². The molecule has 0 radical (unpaired) electrons. The van der Waals surface area contributed by atoms with Gasteiger partial charge in [-0.2, -0.15) is 0 Å². The first kappa shape index (κ1) is 20.3. The Morgan fingerprint density at radius 1 is 1.11 bits per heavy atom. The molecule has 2 amide bonds. The quantitative estimate of drug-likeness (QED) is 0.730. The molecular formula is C20H27BrN4OS. The Morgan fingerprint density at radius 3 is 2.44 bits per heavy atom. The van der Waals surface area contributed by atoms with Crippen molar-refractivity contribution >= 4 is 33.3 Å². The Kier molecular flexibility index (Phi) is 7.29. The number of carbonyl (C=O) groups excluding carboxylic acids is 1. The van der Waals surface area contributed by atoms with E-state index in [1.165, 1.54) is 19.8 Å². The summed E-state index contributed by atoms with van der Waals surface area (Å²) in [6.07, 6.45) is 0. The fourth-order valence-electron chi connectivity index (χ4n) is 3.27. The topological polar surface area (TPSA) is 38.8 Å². The zero-order valence-electron chi connectivity index (χ0n) is 15.9. The number of benzene rings is 1. The average molecular weight is 451 g/mol. The molecule has 7 heteroatoms.